The van der Waals surface area contributed by atoms with E-state index in [1.54, 1.807) is 41.3 Å². The summed E-state index contributed by atoms with van der Waals surface area (Å²) in [6, 6.07) is 13.5. The zero-order chi connectivity index (χ0) is 23.4. The smallest absolute Gasteiger partial charge is 0.192 e. The molecule has 0 amide bonds. The maximum Gasteiger partial charge on any atom is 0.192 e. The lowest BCUT2D eigenvalue weighted by atomic mass is 10.2. The minimum atomic E-state index is -0.379. The van der Waals surface area contributed by atoms with Gasteiger partial charge in [-0.2, -0.15) is 0 Å². The Morgan fingerprint density at radius 1 is 1.18 bits per heavy atom. The van der Waals surface area contributed by atoms with Crippen molar-refractivity contribution in [3.8, 4) is 16.3 Å². The predicted molar refractivity (Wildman–Crippen MR) is 138 cm³/mol. The molecule has 4 rings (SSSR count). The Morgan fingerprint density at radius 3 is 2.73 bits per heavy atom. The lowest BCUT2D eigenvalue weighted by Gasteiger charge is -2.16. The summed E-state index contributed by atoms with van der Waals surface area (Å²) in [6.45, 7) is 8.42. The van der Waals surface area contributed by atoms with Gasteiger partial charge in [0.2, 0.25) is 0 Å². The molecule has 4 aromatic rings. The summed E-state index contributed by atoms with van der Waals surface area (Å²) in [5, 5.41) is 13.7. The molecule has 0 fully saturated rings. The van der Waals surface area contributed by atoms with Crippen LogP contribution in [0.5, 0.6) is 5.75 Å². The van der Waals surface area contributed by atoms with Crippen molar-refractivity contribution in [1.82, 2.24) is 19.7 Å². The molecule has 1 atom stereocenters. The summed E-state index contributed by atoms with van der Waals surface area (Å²) in [5.74, 6) is 1.88. The van der Waals surface area contributed by atoms with E-state index in [0.29, 0.717) is 33.9 Å². The van der Waals surface area contributed by atoms with E-state index in [9.17, 15) is 0 Å². The van der Waals surface area contributed by atoms with Gasteiger partial charge < -0.3 is 4.74 Å². The molecule has 0 aliphatic carbocycles. The fourth-order valence-corrected chi connectivity index (χ4v) is 5.26. The quantitative estimate of drug-likeness (QED) is 0.169. The van der Waals surface area contributed by atoms with Gasteiger partial charge in [-0.15, -0.1) is 28.1 Å². The Kier molecular flexibility index (Phi) is 7.75. The van der Waals surface area contributed by atoms with Crippen molar-refractivity contribution in [2.45, 2.75) is 37.4 Å². The van der Waals surface area contributed by atoms with Gasteiger partial charge in [-0.25, -0.2) is 4.98 Å². The molecule has 0 bridgehead atoms. The van der Waals surface area contributed by atoms with E-state index < -0.39 is 0 Å². The third kappa shape index (κ3) is 5.79. The monoisotopic (exact) mass is 516 g/mol. The Hall–Kier alpha value is -2.32. The van der Waals surface area contributed by atoms with Crippen LogP contribution in [-0.2, 0) is 12.3 Å². The van der Waals surface area contributed by atoms with Gasteiger partial charge in [-0.3, -0.25) is 4.57 Å². The molecule has 0 aliphatic heterocycles. The highest BCUT2D eigenvalue weighted by Crippen LogP contribution is 2.33. The Morgan fingerprint density at radius 2 is 1.97 bits per heavy atom. The van der Waals surface area contributed by atoms with Crippen LogP contribution in [0.1, 0.15) is 30.1 Å². The predicted octanol–water partition coefficient (Wildman–Crippen LogP) is 7.64. The van der Waals surface area contributed by atoms with Crippen molar-refractivity contribution in [3.05, 3.63) is 87.6 Å². The molecular weight excluding hydrogens is 495 g/mol. The number of thioether (sulfide) groups is 1. The van der Waals surface area contributed by atoms with Crippen LogP contribution < -0.4 is 4.74 Å². The first-order valence-electron chi connectivity index (χ1n) is 10.2. The first kappa shape index (κ1) is 23.8. The summed E-state index contributed by atoms with van der Waals surface area (Å²) >= 11 is 15.6. The Labute approximate surface area is 211 Å². The average molecular weight is 518 g/mol. The molecule has 2 heterocycles. The van der Waals surface area contributed by atoms with Gasteiger partial charge in [0, 0.05) is 34.3 Å². The van der Waals surface area contributed by atoms with Crippen molar-refractivity contribution in [1.29, 1.82) is 0 Å². The number of aryl methyl sites for hydroxylation is 1. The number of hydrogen-bond donors (Lipinski definition) is 0. The van der Waals surface area contributed by atoms with Crippen LogP contribution in [0.25, 0.3) is 10.6 Å². The van der Waals surface area contributed by atoms with Crippen molar-refractivity contribution < 1.29 is 4.74 Å². The molecular formula is C24H22Cl2N4OS2. The number of thiazole rings is 1. The lowest BCUT2D eigenvalue weighted by molar-refractivity contribution is 0.210. The number of rotatable bonds is 9. The number of benzene rings is 2. The minimum absolute atomic E-state index is 0.379. The van der Waals surface area contributed by atoms with Crippen LogP contribution in [0, 0.1) is 6.92 Å². The highest BCUT2D eigenvalue weighted by molar-refractivity contribution is 7.98. The SMILES string of the molecule is C=CCn1c(SCc2csc(-c3ccc(C)cc3)n2)nnc1C(C)Oc1cc(Cl)ccc1Cl. The topological polar surface area (TPSA) is 52.8 Å². The third-order valence-electron chi connectivity index (χ3n) is 4.82. The molecule has 0 spiro atoms. The van der Waals surface area contributed by atoms with Crippen LogP contribution in [0.15, 0.2) is 65.7 Å². The van der Waals surface area contributed by atoms with E-state index in [0.717, 1.165) is 21.4 Å². The van der Waals surface area contributed by atoms with Crippen molar-refractivity contribution in [2.24, 2.45) is 0 Å². The standard InChI is InChI=1S/C24H22Cl2N4OS2/c1-4-11-30-22(16(3)31-21-12-18(25)9-10-20(21)26)28-29-24(30)33-14-19-13-32-23(27-19)17-7-5-15(2)6-8-17/h4-10,12-13,16H,1,11,14H2,2-3H3. The second-order valence-electron chi connectivity index (χ2n) is 7.37. The molecule has 0 saturated heterocycles. The zero-order valence-corrected chi connectivity index (χ0v) is 21.3. The summed E-state index contributed by atoms with van der Waals surface area (Å²) in [5.41, 5.74) is 3.37. The minimum Gasteiger partial charge on any atom is -0.481 e. The normalized spacial score (nSPS) is 12.0. The zero-order valence-electron chi connectivity index (χ0n) is 18.2. The number of nitrogens with zero attached hydrogens (tertiary/aromatic N) is 4. The highest BCUT2D eigenvalue weighted by atomic mass is 35.5. The number of allylic oxidation sites excluding steroid dienone is 1. The van der Waals surface area contributed by atoms with E-state index in [2.05, 4.69) is 53.3 Å². The second-order valence-corrected chi connectivity index (χ2v) is 10.0. The van der Waals surface area contributed by atoms with Gasteiger partial charge in [-0.05, 0) is 26.0 Å². The molecule has 9 heteroatoms. The number of hydrogen-bond acceptors (Lipinski definition) is 6. The Balaban J connectivity index is 1.48. The van der Waals surface area contributed by atoms with E-state index in [1.165, 1.54) is 5.56 Å². The molecule has 170 valence electrons. The first-order valence-corrected chi connectivity index (χ1v) is 12.9. The van der Waals surface area contributed by atoms with Gasteiger partial charge in [0.1, 0.15) is 10.8 Å². The van der Waals surface area contributed by atoms with Crippen LogP contribution in [-0.4, -0.2) is 19.7 Å². The van der Waals surface area contributed by atoms with Crippen LogP contribution in [0.4, 0.5) is 0 Å². The summed E-state index contributed by atoms with van der Waals surface area (Å²) < 4.78 is 8.04. The van der Waals surface area contributed by atoms with Crippen molar-refractivity contribution in [3.63, 3.8) is 0 Å². The number of ether oxygens (including phenoxy) is 1. The highest BCUT2D eigenvalue weighted by Gasteiger charge is 2.20. The summed E-state index contributed by atoms with van der Waals surface area (Å²) in [4.78, 5) is 4.78. The molecule has 1 unspecified atom stereocenters. The molecule has 2 aromatic carbocycles. The number of aromatic nitrogens is 4. The lowest BCUT2D eigenvalue weighted by Crippen LogP contribution is -2.12. The first-order chi connectivity index (χ1) is 15.9. The molecule has 2 aromatic heterocycles. The van der Waals surface area contributed by atoms with E-state index >= 15 is 0 Å². The molecule has 0 aliphatic rings. The second kappa shape index (κ2) is 10.7. The molecule has 33 heavy (non-hydrogen) atoms. The Bertz CT molecular complexity index is 1250. The average Bonchev–Trinajstić information content (AvgIpc) is 3.43. The molecule has 0 saturated carbocycles. The summed E-state index contributed by atoms with van der Waals surface area (Å²) in [7, 11) is 0. The summed E-state index contributed by atoms with van der Waals surface area (Å²) in [6.07, 6.45) is 1.43. The molecule has 0 N–H and O–H groups in total. The van der Waals surface area contributed by atoms with Gasteiger partial charge >= 0.3 is 0 Å². The van der Waals surface area contributed by atoms with Crippen molar-refractivity contribution in [2.75, 3.05) is 0 Å². The fraction of sp³-hybridized carbons (Fsp3) is 0.208. The largest absolute Gasteiger partial charge is 0.481 e. The molecule has 5 nitrogen and oxygen atoms in total. The fourth-order valence-electron chi connectivity index (χ4n) is 3.16. The maximum atomic E-state index is 6.25. The van der Waals surface area contributed by atoms with Crippen LogP contribution in [0.2, 0.25) is 10.0 Å². The van der Waals surface area contributed by atoms with E-state index in [1.807, 2.05) is 17.6 Å². The van der Waals surface area contributed by atoms with Crippen molar-refractivity contribution >= 4 is 46.3 Å². The molecule has 0 radical (unpaired) electrons. The van der Waals surface area contributed by atoms with Gasteiger partial charge in [0.05, 0.1) is 10.7 Å². The maximum absolute atomic E-state index is 6.25. The van der Waals surface area contributed by atoms with Gasteiger partial charge in [-0.1, -0.05) is 70.9 Å². The van der Waals surface area contributed by atoms with E-state index in [4.69, 9.17) is 32.9 Å². The van der Waals surface area contributed by atoms with Gasteiger partial charge in [0.15, 0.2) is 17.1 Å². The van der Waals surface area contributed by atoms with Crippen LogP contribution in [0.3, 0.4) is 0 Å². The van der Waals surface area contributed by atoms with E-state index in [-0.39, 0.29) is 6.10 Å². The van der Waals surface area contributed by atoms with Gasteiger partial charge in [0.25, 0.3) is 0 Å². The third-order valence-corrected chi connectivity index (χ3v) is 7.31. The van der Waals surface area contributed by atoms with Crippen LogP contribution >= 0.6 is 46.3 Å². The number of halogens is 2.